The van der Waals surface area contributed by atoms with Gasteiger partial charge in [0.05, 0.1) is 6.10 Å². The Balaban J connectivity index is 2.12. The molecular formula is C13H25NO2. The molecule has 0 radical (unpaired) electrons. The molecule has 1 unspecified atom stereocenters. The van der Waals surface area contributed by atoms with Crippen LogP contribution in [0.1, 0.15) is 58.3 Å². The van der Waals surface area contributed by atoms with Crippen LogP contribution in [-0.2, 0) is 4.79 Å². The number of aliphatic hydroxyl groups is 1. The molecule has 1 aliphatic carbocycles. The van der Waals surface area contributed by atoms with E-state index in [1.54, 1.807) is 6.92 Å². The van der Waals surface area contributed by atoms with Gasteiger partial charge in [-0.2, -0.15) is 0 Å². The molecule has 16 heavy (non-hydrogen) atoms. The van der Waals surface area contributed by atoms with Crippen molar-refractivity contribution in [3.8, 4) is 0 Å². The second-order valence-electron chi connectivity index (χ2n) is 5.05. The van der Waals surface area contributed by atoms with Crippen LogP contribution in [-0.4, -0.2) is 23.7 Å². The average molecular weight is 227 g/mol. The number of carbonyl (C=O) groups excluding carboxylic acids is 1. The molecule has 1 amide bonds. The summed E-state index contributed by atoms with van der Waals surface area (Å²) in [6.45, 7) is 2.35. The van der Waals surface area contributed by atoms with Gasteiger partial charge in [-0.05, 0) is 32.1 Å². The van der Waals surface area contributed by atoms with Gasteiger partial charge in [0.25, 0.3) is 0 Å². The topological polar surface area (TPSA) is 49.3 Å². The van der Waals surface area contributed by atoms with Crippen LogP contribution < -0.4 is 5.32 Å². The Kier molecular flexibility index (Phi) is 6.46. The van der Waals surface area contributed by atoms with Crippen LogP contribution in [0.3, 0.4) is 0 Å². The first-order valence-electron chi connectivity index (χ1n) is 6.63. The standard InChI is InChI=1S/C13H25NO2/c1-11(15)8-9-14-13(16)10-12-6-4-2-3-5-7-12/h11-12,15H,2-10H2,1H3,(H,14,16). The summed E-state index contributed by atoms with van der Waals surface area (Å²) in [4.78, 5) is 11.6. The fraction of sp³-hybridized carbons (Fsp3) is 0.923. The molecule has 0 aromatic rings. The maximum absolute atomic E-state index is 11.6. The highest BCUT2D eigenvalue weighted by molar-refractivity contribution is 5.76. The molecule has 3 nitrogen and oxygen atoms in total. The molecule has 1 rings (SSSR count). The van der Waals surface area contributed by atoms with Gasteiger partial charge >= 0.3 is 0 Å². The minimum atomic E-state index is -0.321. The quantitative estimate of drug-likeness (QED) is 0.708. The lowest BCUT2D eigenvalue weighted by Crippen LogP contribution is -2.28. The summed E-state index contributed by atoms with van der Waals surface area (Å²) >= 11 is 0. The summed E-state index contributed by atoms with van der Waals surface area (Å²) in [7, 11) is 0. The van der Waals surface area contributed by atoms with Crippen molar-refractivity contribution in [1.82, 2.24) is 5.32 Å². The van der Waals surface area contributed by atoms with Gasteiger partial charge in [-0.3, -0.25) is 4.79 Å². The highest BCUT2D eigenvalue weighted by Crippen LogP contribution is 2.25. The van der Waals surface area contributed by atoms with Crippen LogP contribution in [0, 0.1) is 5.92 Å². The maximum Gasteiger partial charge on any atom is 0.220 e. The van der Waals surface area contributed by atoms with Gasteiger partial charge in [0.1, 0.15) is 0 Å². The Labute approximate surface area is 98.6 Å². The Morgan fingerprint density at radius 2 is 1.94 bits per heavy atom. The second kappa shape index (κ2) is 7.66. The SMILES string of the molecule is CC(O)CCNC(=O)CC1CCCCCC1. The van der Waals surface area contributed by atoms with Crippen molar-refractivity contribution < 1.29 is 9.90 Å². The number of rotatable bonds is 5. The van der Waals surface area contributed by atoms with Gasteiger partial charge in [0.15, 0.2) is 0 Å². The van der Waals surface area contributed by atoms with Crippen LogP contribution in [0.2, 0.25) is 0 Å². The zero-order valence-corrected chi connectivity index (χ0v) is 10.4. The van der Waals surface area contributed by atoms with Crippen molar-refractivity contribution in [1.29, 1.82) is 0 Å². The molecule has 1 atom stereocenters. The molecule has 1 saturated carbocycles. The summed E-state index contributed by atoms with van der Waals surface area (Å²) in [6, 6.07) is 0. The van der Waals surface area contributed by atoms with Crippen molar-refractivity contribution in [3.63, 3.8) is 0 Å². The average Bonchev–Trinajstić information content (AvgIpc) is 2.45. The number of aliphatic hydroxyl groups excluding tert-OH is 1. The normalized spacial score (nSPS) is 20.1. The van der Waals surface area contributed by atoms with E-state index in [2.05, 4.69) is 5.32 Å². The lowest BCUT2D eigenvalue weighted by molar-refractivity contribution is -0.122. The fourth-order valence-electron chi connectivity index (χ4n) is 2.32. The number of nitrogens with one attached hydrogen (secondary N) is 1. The van der Waals surface area contributed by atoms with E-state index in [0.29, 0.717) is 25.3 Å². The summed E-state index contributed by atoms with van der Waals surface area (Å²) in [6.07, 6.45) is 8.67. The summed E-state index contributed by atoms with van der Waals surface area (Å²) in [5.74, 6) is 0.751. The van der Waals surface area contributed by atoms with Gasteiger partial charge in [-0.15, -0.1) is 0 Å². The first-order chi connectivity index (χ1) is 7.68. The number of hydrogen-bond acceptors (Lipinski definition) is 2. The fourth-order valence-corrected chi connectivity index (χ4v) is 2.32. The Morgan fingerprint density at radius 1 is 1.31 bits per heavy atom. The van der Waals surface area contributed by atoms with Gasteiger partial charge in [-0.1, -0.05) is 25.7 Å². The third-order valence-corrected chi connectivity index (χ3v) is 3.33. The summed E-state index contributed by atoms with van der Waals surface area (Å²) in [5.41, 5.74) is 0. The van der Waals surface area contributed by atoms with E-state index < -0.39 is 0 Å². The monoisotopic (exact) mass is 227 g/mol. The molecule has 0 aromatic heterocycles. The zero-order chi connectivity index (χ0) is 11.8. The minimum absolute atomic E-state index is 0.160. The van der Waals surface area contributed by atoms with E-state index >= 15 is 0 Å². The molecule has 3 heteroatoms. The maximum atomic E-state index is 11.6. The van der Waals surface area contributed by atoms with E-state index in [9.17, 15) is 4.79 Å². The van der Waals surface area contributed by atoms with E-state index in [4.69, 9.17) is 5.11 Å². The van der Waals surface area contributed by atoms with Gasteiger partial charge in [0.2, 0.25) is 5.91 Å². The van der Waals surface area contributed by atoms with Crippen molar-refractivity contribution in [2.24, 2.45) is 5.92 Å². The smallest absolute Gasteiger partial charge is 0.220 e. The van der Waals surface area contributed by atoms with E-state index in [1.807, 2.05) is 0 Å². The molecule has 2 N–H and O–H groups in total. The van der Waals surface area contributed by atoms with Gasteiger partial charge in [-0.25, -0.2) is 0 Å². The lowest BCUT2D eigenvalue weighted by atomic mass is 9.96. The summed E-state index contributed by atoms with van der Waals surface area (Å²) < 4.78 is 0. The molecule has 0 saturated heterocycles. The predicted octanol–water partition coefficient (Wildman–Crippen LogP) is 2.23. The van der Waals surface area contributed by atoms with Crippen molar-refractivity contribution in [3.05, 3.63) is 0 Å². The van der Waals surface area contributed by atoms with Crippen molar-refractivity contribution in [2.75, 3.05) is 6.54 Å². The van der Waals surface area contributed by atoms with Gasteiger partial charge in [0, 0.05) is 13.0 Å². The molecule has 1 aliphatic rings. The van der Waals surface area contributed by atoms with E-state index in [0.717, 1.165) is 0 Å². The highest BCUT2D eigenvalue weighted by Gasteiger charge is 2.15. The first-order valence-corrected chi connectivity index (χ1v) is 6.63. The predicted molar refractivity (Wildman–Crippen MR) is 65.1 cm³/mol. The zero-order valence-electron chi connectivity index (χ0n) is 10.4. The molecular weight excluding hydrogens is 202 g/mol. The molecule has 1 fully saturated rings. The van der Waals surface area contributed by atoms with Crippen molar-refractivity contribution >= 4 is 5.91 Å². The third-order valence-electron chi connectivity index (χ3n) is 3.33. The second-order valence-corrected chi connectivity index (χ2v) is 5.05. The Hall–Kier alpha value is -0.570. The summed E-state index contributed by atoms with van der Waals surface area (Å²) in [5, 5.41) is 12.0. The Morgan fingerprint density at radius 3 is 2.50 bits per heavy atom. The largest absolute Gasteiger partial charge is 0.393 e. The van der Waals surface area contributed by atoms with Gasteiger partial charge < -0.3 is 10.4 Å². The Bertz CT molecular complexity index is 196. The van der Waals surface area contributed by atoms with Crippen LogP contribution in [0.15, 0.2) is 0 Å². The van der Waals surface area contributed by atoms with Crippen LogP contribution in [0.25, 0.3) is 0 Å². The molecule has 0 bridgehead atoms. The number of amides is 1. The number of carbonyl (C=O) groups is 1. The lowest BCUT2D eigenvalue weighted by Gasteiger charge is -2.13. The van der Waals surface area contributed by atoms with E-state index in [1.165, 1.54) is 38.5 Å². The highest BCUT2D eigenvalue weighted by atomic mass is 16.3. The van der Waals surface area contributed by atoms with Crippen LogP contribution >= 0.6 is 0 Å². The molecule has 0 heterocycles. The van der Waals surface area contributed by atoms with Crippen LogP contribution in [0.5, 0.6) is 0 Å². The first kappa shape index (κ1) is 13.5. The molecule has 0 spiro atoms. The molecule has 0 aromatic carbocycles. The van der Waals surface area contributed by atoms with Crippen LogP contribution in [0.4, 0.5) is 0 Å². The molecule has 0 aliphatic heterocycles. The number of hydrogen-bond donors (Lipinski definition) is 2. The third kappa shape index (κ3) is 6.11. The van der Waals surface area contributed by atoms with E-state index in [-0.39, 0.29) is 12.0 Å². The molecule has 94 valence electrons. The van der Waals surface area contributed by atoms with Crippen molar-refractivity contribution in [2.45, 2.75) is 64.4 Å². The minimum Gasteiger partial charge on any atom is -0.393 e.